The van der Waals surface area contributed by atoms with Crippen LogP contribution in [0.4, 0.5) is 0 Å². The summed E-state index contributed by atoms with van der Waals surface area (Å²) in [5.74, 6) is 0.670. The third-order valence-electron chi connectivity index (χ3n) is 5.02. The fourth-order valence-electron chi connectivity index (χ4n) is 3.60. The highest BCUT2D eigenvalue weighted by Gasteiger charge is 2.45. The van der Waals surface area contributed by atoms with Crippen LogP contribution in [-0.4, -0.2) is 57.0 Å². The second kappa shape index (κ2) is 5.63. The molecule has 2 atom stereocenters. The fourth-order valence-corrected chi connectivity index (χ4v) is 3.60. The number of carbonyl (C=O) groups is 2. The predicted molar refractivity (Wildman–Crippen MR) is 81.1 cm³/mol. The first-order chi connectivity index (χ1) is 11.2. The Bertz CT molecular complexity index is 625. The molecule has 3 heterocycles. The molecule has 0 bridgehead atoms. The van der Waals surface area contributed by atoms with Gasteiger partial charge in [-0.25, -0.2) is 4.98 Å². The zero-order valence-electron chi connectivity index (χ0n) is 13.4. The lowest BCUT2D eigenvalue weighted by Crippen LogP contribution is -2.37. The van der Waals surface area contributed by atoms with E-state index in [1.165, 1.54) is 0 Å². The van der Waals surface area contributed by atoms with Gasteiger partial charge < -0.3 is 19.1 Å². The second-order valence-electron chi connectivity index (χ2n) is 6.53. The second-order valence-corrected chi connectivity index (χ2v) is 6.53. The predicted octanol–water partition coefficient (Wildman–Crippen LogP) is 0.771. The van der Waals surface area contributed by atoms with Crippen LogP contribution >= 0.6 is 0 Å². The Morgan fingerprint density at radius 2 is 2.22 bits per heavy atom. The van der Waals surface area contributed by atoms with E-state index in [-0.39, 0.29) is 30.4 Å². The number of hydrogen-bond donors (Lipinski definition) is 0. The number of hydrogen-bond acceptors (Lipinski definition) is 4. The van der Waals surface area contributed by atoms with E-state index in [9.17, 15) is 9.59 Å². The van der Waals surface area contributed by atoms with Gasteiger partial charge in [0, 0.05) is 31.6 Å². The van der Waals surface area contributed by atoms with Crippen LogP contribution in [0.2, 0.25) is 0 Å². The Hall–Kier alpha value is -1.89. The SMILES string of the molecule is CCn1ccnc1[C@@H]1OCC[C@H]1C(=O)N1CC(=O)N(C2CC2)C1. The van der Waals surface area contributed by atoms with Crippen LogP contribution in [0.3, 0.4) is 0 Å². The van der Waals surface area contributed by atoms with Crippen LogP contribution < -0.4 is 0 Å². The van der Waals surface area contributed by atoms with E-state index in [1.54, 1.807) is 11.1 Å². The van der Waals surface area contributed by atoms with Gasteiger partial charge in [0.15, 0.2) is 0 Å². The maximum absolute atomic E-state index is 12.9. The normalized spacial score (nSPS) is 28.0. The Morgan fingerprint density at radius 3 is 2.96 bits per heavy atom. The average Bonchev–Trinajstić information content (AvgIpc) is 2.99. The minimum absolute atomic E-state index is 0.0228. The molecular formula is C16H22N4O3. The van der Waals surface area contributed by atoms with Crippen LogP contribution in [-0.2, 0) is 20.9 Å². The van der Waals surface area contributed by atoms with Crippen molar-refractivity contribution in [2.24, 2.45) is 5.92 Å². The van der Waals surface area contributed by atoms with Gasteiger partial charge in [-0.3, -0.25) is 9.59 Å². The van der Waals surface area contributed by atoms with Gasteiger partial charge in [0.2, 0.25) is 11.8 Å². The molecule has 1 aromatic rings. The summed E-state index contributed by atoms with van der Waals surface area (Å²) < 4.78 is 7.83. The van der Waals surface area contributed by atoms with Crippen LogP contribution in [0.15, 0.2) is 12.4 Å². The van der Waals surface area contributed by atoms with Gasteiger partial charge in [-0.15, -0.1) is 0 Å². The lowest BCUT2D eigenvalue weighted by molar-refractivity contribution is -0.137. The molecule has 124 valence electrons. The highest BCUT2D eigenvalue weighted by Crippen LogP contribution is 2.36. The molecule has 0 radical (unpaired) electrons. The summed E-state index contributed by atoms with van der Waals surface area (Å²) in [4.78, 5) is 32.9. The van der Waals surface area contributed by atoms with Gasteiger partial charge >= 0.3 is 0 Å². The Kier molecular flexibility index (Phi) is 3.60. The summed E-state index contributed by atoms with van der Waals surface area (Å²) in [6.07, 6.45) is 6.17. The van der Waals surface area contributed by atoms with Crippen molar-refractivity contribution in [3.05, 3.63) is 18.2 Å². The van der Waals surface area contributed by atoms with Gasteiger partial charge in [0.05, 0.1) is 12.6 Å². The number of amides is 2. The molecule has 2 aliphatic heterocycles. The molecule has 1 aromatic heterocycles. The van der Waals surface area contributed by atoms with E-state index in [4.69, 9.17) is 4.74 Å². The van der Waals surface area contributed by atoms with Gasteiger partial charge in [-0.2, -0.15) is 0 Å². The molecule has 7 heteroatoms. The molecule has 0 aromatic carbocycles. The van der Waals surface area contributed by atoms with E-state index >= 15 is 0 Å². The van der Waals surface area contributed by atoms with E-state index in [0.29, 0.717) is 25.7 Å². The summed E-state index contributed by atoms with van der Waals surface area (Å²) in [7, 11) is 0. The standard InChI is InChI=1S/C16H22N4O3/c1-2-18-7-6-17-15(18)14-12(5-8-23-14)16(22)19-9-13(21)20(10-19)11-3-4-11/h6-7,11-12,14H,2-5,8-10H2,1H3/t12-,14-/m1/s1. The van der Waals surface area contributed by atoms with E-state index in [1.807, 2.05) is 22.6 Å². The highest BCUT2D eigenvalue weighted by atomic mass is 16.5. The quantitative estimate of drug-likeness (QED) is 0.822. The lowest BCUT2D eigenvalue weighted by Gasteiger charge is -2.24. The first-order valence-corrected chi connectivity index (χ1v) is 8.40. The highest BCUT2D eigenvalue weighted by molar-refractivity contribution is 5.89. The molecule has 2 amide bonds. The molecule has 2 saturated heterocycles. The van der Waals surface area contributed by atoms with E-state index < -0.39 is 0 Å². The maximum atomic E-state index is 12.9. The maximum Gasteiger partial charge on any atom is 0.243 e. The molecule has 0 unspecified atom stereocenters. The van der Waals surface area contributed by atoms with Crippen LogP contribution in [0.5, 0.6) is 0 Å². The van der Waals surface area contributed by atoms with E-state index in [0.717, 1.165) is 25.2 Å². The van der Waals surface area contributed by atoms with Gasteiger partial charge in [-0.05, 0) is 26.2 Å². The Morgan fingerprint density at radius 1 is 1.39 bits per heavy atom. The van der Waals surface area contributed by atoms with Crippen molar-refractivity contribution in [2.45, 2.75) is 44.9 Å². The first-order valence-electron chi connectivity index (χ1n) is 8.40. The summed E-state index contributed by atoms with van der Waals surface area (Å²) in [6, 6.07) is 0.356. The van der Waals surface area contributed by atoms with Crippen molar-refractivity contribution in [1.82, 2.24) is 19.4 Å². The van der Waals surface area contributed by atoms with Gasteiger partial charge in [0.25, 0.3) is 0 Å². The fraction of sp³-hybridized carbons (Fsp3) is 0.688. The molecule has 3 fully saturated rings. The third kappa shape index (κ3) is 2.52. The van der Waals surface area contributed by atoms with Crippen LogP contribution in [0, 0.1) is 5.92 Å². The molecule has 0 N–H and O–H groups in total. The number of nitrogens with zero attached hydrogens (tertiary/aromatic N) is 4. The smallest absolute Gasteiger partial charge is 0.243 e. The van der Waals surface area contributed by atoms with Crippen molar-refractivity contribution in [3.63, 3.8) is 0 Å². The third-order valence-corrected chi connectivity index (χ3v) is 5.02. The van der Waals surface area contributed by atoms with Crippen molar-refractivity contribution in [2.75, 3.05) is 19.8 Å². The van der Waals surface area contributed by atoms with Crippen molar-refractivity contribution in [1.29, 1.82) is 0 Å². The van der Waals surface area contributed by atoms with Gasteiger partial charge in [-0.1, -0.05) is 0 Å². The summed E-state index contributed by atoms with van der Waals surface area (Å²) >= 11 is 0. The molecular weight excluding hydrogens is 296 g/mol. The lowest BCUT2D eigenvalue weighted by atomic mass is 9.99. The van der Waals surface area contributed by atoms with Crippen molar-refractivity contribution >= 4 is 11.8 Å². The van der Waals surface area contributed by atoms with E-state index in [2.05, 4.69) is 4.98 Å². The molecule has 3 aliphatic rings. The van der Waals surface area contributed by atoms with Crippen molar-refractivity contribution < 1.29 is 14.3 Å². The van der Waals surface area contributed by atoms with Crippen LogP contribution in [0.1, 0.15) is 38.1 Å². The average molecular weight is 318 g/mol. The zero-order valence-corrected chi connectivity index (χ0v) is 13.4. The van der Waals surface area contributed by atoms with Crippen LogP contribution in [0.25, 0.3) is 0 Å². The topological polar surface area (TPSA) is 67.7 Å². The zero-order chi connectivity index (χ0) is 16.0. The summed E-state index contributed by atoms with van der Waals surface area (Å²) in [6.45, 7) is 4.05. The number of ether oxygens (including phenoxy) is 1. The number of aryl methyl sites for hydroxylation is 1. The first kappa shape index (κ1) is 14.7. The Labute approximate surface area is 135 Å². The molecule has 23 heavy (non-hydrogen) atoms. The van der Waals surface area contributed by atoms with Crippen molar-refractivity contribution in [3.8, 4) is 0 Å². The summed E-state index contributed by atoms with van der Waals surface area (Å²) in [5, 5.41) is 0. The number of rotatable bonds is 4. The Balaban J connectivity index is 1.50. The molecule has 4 rings (SSSR count). The minimum Gasteiger partial charge on any atom is -0.369 e. The molecule has 7 nitrogen and oxygen atoms in total. The summed E-state index contributed by atoms with van der Waals surface area (Å²) in [5.41, 5.74) is 0. The van der Waals surface area contributed by atoms with Gasteiger partial charge in [0.1, 0.15) is 18.5 Å². The number of aromatic nitrogens is 2. The molecule has 1 aliphatic carbocycles. The monoisotopic (exact) mass is 318 g/mol. The molecule has 1 saturated carbocycles. The minimum atomic E-state index is -0.303. The number of carbonyl (C=O) groups excluding carboxylic acids is 2. The largest absolute Gasteiger partial charge is 0.369 e. The molecule has 0 spiro atoms. The number of imidazole rings is 1.